The summed E-state index contributed by atoms with van der Waals surface area (Å²) in [5, 5.41) is 3.49. The number of nitrogens with one attached hydrogen (secondary N) is 1. The van der Waals surface area contributed by atoms with Crippen LogP contribution in [0.25, 0.3) is 0 Å². The van der Waals surface area contributed by atoms with Crippen molar-refractivity contribution in [1.82, 2.24) is 10.2 Å². The fraction of sp³-hybridized carbons (Fsp3) is 0.297. The lowest BCUT2D eigenvalue weighted by molar-refractivity contribution is -0.140. The summed E-state index contributed by atoms with van der Waals surface area (Å²) in [6.45, 7) is 1.48. The highest BCUT2D eigenvalue weighted by Crippen LogP contribution is 2.38. The zero-order valence-electron chi connectivity index (χ0n) is 29.0. The number of halogens is 2. The highest BCUT2D eigenvalue weighted by atomic mass is 35.5. The van der Waals surface area contributed by atoms with Crippen molar-refractivity contribution in [2.45, 2.75) is 37.2 Å². The molecule has 272 valence electrons. The number of rotatable bonds is 17. The molecule has 11 nitrogen and oxygen atoms in total. The van der Waals surface area contributed by atoms with E-state index in [2.05, 4.69) is 5.32 Å². The Kier molecular flexibility index (Phi) is 13.8. The van der Waals surface area contributed by atoms with Gasteiger partial charge in [-0.25, -0.2) is 8.42 Å². The second-order valence-electron chi connectivity index (χ2n) is 11.3. The number of hydrogen-bond donors (Lipinski definition) is 1. The van der Waals surface area contributed by atoms with Crippen LogP contribution in [0.3, 0.4) is 0 Å². The largest absolute Gasteiger partial charge is 0.497 e. The van der Waals surface area contributed by atoms with Crippen LogP contribution in [0.5, 0.6) is 23.0 Å². The van der Waals surface area contributed by atoms with Gasteiger partial charge in [0.2, 0.25) is 11.8 Å². The third kappa shape index (κ3) is 9.57. The van der Waals surface area contributed by atoms with E-state index >= 15 is 0 Å². The van der Waals surface area contributed by atoms with Crippen molar-refractivity contribution >= 4 is 50.7 Å². The van der Waals surface area contributed by atoms with Gasteiger partial charge in [0.25, 0.3) is 10.0 Å². The zero-order valence-corrected chi connectivity index (χ0v) is 31.3. The molecule has 0 bridgehead atoms. The number of nitrogens with zero attached hydrogens (tertiary/aromatic N) is 2. The molecule has 14 heteroatoms. The Labute approximate surface area is 309 Å². The lowest BCUT2D eigenvalue weighted by Crippen LogP contribution is -2.53. The van der Waals surface area contributed by atoms with Crippen molar-refractivity contribution in [3.05, 3.63) is 106 Å². The molecular formula is C37H41Cl2N3O8S. The SMILES string of the molecule is CCCNC(=O)[C@@H](Cc1ccccc1)N(Cc1ccc(Cl)c(Cl)c1)C(=O)CN(c1cc(OC)ccc1OC)S(=O)(=O)c1ccc(OC)c(OC)c1. The van der Waals surface area contributed by atoms with Crippen molar-refractivity contribution in [3.8, 4) is 23.0 Å². The summed E-state index contributed by atoms with van der Waals surface area (Å²) in [7, 11) is 1.12. The number of benzene rings is 4. The number of amides is 2. The Morgan fingerprint density at radius 1 is 0.765 bits per heavy atom. The van der Waals surface area contributed by atoms with Crippen molar-refractivity contribution < 1.29 is 37.0 Å². The highest BCUT2D eigenvalue weighted by molar-refractivity contribution is 7.92. The molecule has 1 atom stereocenters. The van der Waals surface area contributed by atoms with Gasteiger partial charge in [-0.05, 0) is 53.9 Å². The van der Waals surface area contributed by atoms with E-state index in [0.29, 0.717) is 35.1 Å². The molecule has 0 fully saturated rings. The third-order valence-corrected chi connectivity index (χ3v) is 10.5. The Morgan fingerprint density at radius 3 is 2.08 bits per heavy atom. The summed E-state index contributed by atoms with van der Waals surface area (Å²) in [6.07, 6.45) is 0.811. The number of anilines is 1. The normalized spacial score (nSPS) is 11.7. The lowest BCUT2D eigenvalue weighted by atomic mass is 10.0. The second-order valence-corrected chi connectivity index (χ2v) is 14.0. The lowest BCUT2D eigenvalue weighted by Gasteiger charge is -2.34. The first-order valence-electron chi connectivity index (χ1n) is 16.0. The van der Waals surface area contributed by atoms with E-state index in [-0.39, 0.29) is 40.1 Å². The van der Waals surface area contributed by atoms with Crippen molar-refractivity contribution in [1.29, 1.82) is 0 Å². The average molecular weight is 759 g/mol. The van der Waals surface area contributed by atoms with Crippen LogP contribution in [-0.4, -0.2) is 72.7 Å². The summed E-state index contributed by atoms with van der Waals surface area (Å²) in [5.41, 5.74) is 1.40. The number of ether oxygens (including phenoxy) is 4. The molecule has 0 aliphatic rings. The first-order chi connectivity index (χ1) is 24.5. The van der Waals surface area contributed by atoms with E-state index < -0.39 is 34.4 Å². The standard InChI is InChI=1S/C37H41Cl2N3O8S/c1-6-18-40-37(44)32(20-25-10-8-7-9-11-25)41(23-26-12-15-29(38)30(39)19-26)36(43)24-42(31-21-27(47-2)13-16-33(31)48-3)51(45,46)28-14-17-34(49-4)35(22-28)50-5/h7-17,19,21-22,32H,6,18,20,23-24H2,1-5H3,(H,40,44)/t32-/m1/s1. The maximum Gasteiger partial charge on any atom is 0.265 e. The molecule has 51 heavy (non-hydrogen) atoms. The molecule has 0 saturated heterocycles. The first-order valence-corrected chi connectivity index (χ1v) is 18.2. The fourth-order valence-corrected chi connectivity index (χ4v) is 7.12. The van der Waals surface area contributed by atoms with Gasteiger partial charge < -0.3 is 29.2 Å². The Hall–Kier alpha value is -4.65. The van der Waals surface area contributed by atoms with E-state index in [1.807, 2.05) is 37.3 Å². The summed E-state index contributed by atoms with van der Waals surface area (Å²) in [5.74, 6) is -0.124. The molecule has 0 aliphatic carbocycles. The van der Waals surface area contributed by atoms with E-state index in [1.165, 1.54) is 57.6 Å². The van der Waals surface area contributed by atoms with Crippen LogP contribution in [-0.2, 0) is 32.6 Å². The molecule has 0 heterocycles. The van der Waals surface area contributed by atoms with Crippen molar-refractivity contribution in [2.24, 2.45) is 0 Å². The van der Waals surface area contributed by atoms with Gasteiger partial charge in [0.05, 0.1) is 49.1 Å². The molecule has 1 N–H and O–H groups in total. The quantitative estimate of drug-likeness (QED) is 0.132. The molecular weight excluding hydrogens is 717 g/mol. The average Bonchev–Trinajstić information content (AvgIpc) is 3.15. The maximum atomic E-state index is 14.8. The van der Waals surface area contributed by atoms with Crippen LogP contribution in [0.1, 0.15) is 24.5 Å². The van der Waals surface area contributed by atoms with Crippen LogP contribution in [0, 0.1) is 0 Å². The molecule has 4 aromatic rings. The minimum Gasteiger partial charge on any atom is -0.497 e. The number of methoxy groups -OCH3 is 4. The molecule has 0 spiro atoms. The summed E-state index contributed by atoms with van der Waals surface area (Å²) in [4.78, 5) is 29.9. The molecule has 2 amide bonds. The van der Waals surface area contributed by atoms with Gasteiger partial charge in [-0.1, -0.05) is 66.5 Å². The predicted molar refractivity (Wildman–Crippen MR) is 198 cm³/mol. The van der Waals surface area contributed by atoms with Gasteiger partial charge in [0.15, 0.2) is 11.5 Å². The van der Waals surface area contributed by atoms with E-state index in [0.717, 1.165) is 9.87 Å². The Morgan fingerprint density at radius 2 is 1.45 bits per heavy atom. The van der Waals surface area contributed by atoms with Crippen LogP contribution >= 0.6 is 23.2 Å². The highest BCUT2D eigenvalue weighted by Gasteiger charge is 2.36. The minimum absolute atomic E-state index is 0.0320. The maximum absolute atomic E-state index is 14.8. The number of sulfonamides is 1. The van der Waals surface area contributed by atoms with Crippen LogP contribution < -0.4 is 28.6 Å². The molecule has 4 aromatic carbocycles. The monoisotopic (exact) mass is 757 g/mol. The predicted octanol–water partition coefficient (Wildman–Crippen LogP) is 6.39. The second kappa shape index (κ2) is 18.0. The van der Waals surface area contributed by atoms with Gasteiger partial charge in [-0.2, -0.15) is 0 Å². The number of carbonyl (C=O) groups is 2. The van der Waals surface area contributed by atoms with Crippen LogP contribution in [0.15, 0.2) is 89.8 Å². The van der Waals surface area contributed by atoms with Gasteiger partial charge in [0.1, 0.15) is 24.1 Å². The zero-order chi connectivity index (χ0) is 37.1. The molecule has 0 unspecified atom stereocenters. The van der Waals surface area contributed by atoms with E-state index in [1.54, 1.807) is 30.3 Å². The first kappa shape index (κ1) is 39.1. The summed E-state index contributed by atoms with van der Waals surface area (Å²) in [6, 6.07) is 21.8. The Balaban J connectivity index is 1.90. The van der Waals surface area contributed by atoms with Crippen LogP contribution in [0.2, 0.25) is 10.0 Å². The van der Waals surface area contributed by atoms with Gasteiger partial charge in [0, 0.05) is 31.6 Å². The van der Waals surface area contributed by atoms with Crippen LogP contribution in [0.4, 0.5) is 5.69 Å². The van der Waals surface area contributed by atoms with E-state index in [9.17, 15) is 18.0 Å². The number of carbonyl (C=O) groups excluding carboxylic acids is 2. The van der Waals surface area contributed by atoms with Gasteiger partial charge >= 0.3 is 0 Å². The third-order valence-electron chi connectivity index (χ3n) is 8.03. The number of hydrogen-bond acceptors (Lipinski definition) is 8. The molecule has 0 saturated carbocycles. The molecule has 0 aliphatic heterocycles. The minimum atomic E-state index is -4.53. The summed E-state index contributed by atoms with van der Waals surface area (Å²) < 4.78 is 52.0. The Bertz CT molecular complexity index is 1930. The van der Waals surface area contributed by atoms with Gasteiger partial charge in [-0.15, -0.1) is 0 Å². The van der Waals surface area contributed by atoms with Crippen molar-refractivity contribution in [3.63, 3.8) is 0 Å². The van der Waals surface area contributed by atoms with Crippen molar-refractivity contribution in [2.75, 3.05) is 45.8 Å². The smallest absolute Gasteiger partial charge is 0.265 e. The molecule has 0 aromatic heterocycles. The van der Waals surface area contributed by atoms with Gasteiger partial charge in [-0.3, -0.25) is 13.9 Å². The molecule has 4 rings (SSSR count). The van der Waals surface area contributed by atoms with E-state index in [4.69, 9.17) is 42.1 Å². The summed E-state index contributed by atoms with van der Waals surface area (Å²) >= 11 is 12.6. The topological polar surface area (TPSA) is 124 Å². The fourth-order valence-electron chi connectivity index (χ4n) is 5.36. The molecule has 0 radical (unpaired) electrons.